The smallest absolute Gasteiger partial charge is 0.124 e. The minimum absolute atomic E-state index is 0.800. The van der Waals surface area contributed by atoms with Gasteiger partial charge >= 0.3 is 0 Å². The molecule has 0 aliphatic rings. The monoisotopic (exact) mass is 406 g/mol. The van der Waals surface area contributed by atoms with Crippen molar-refractivity contribution in [1.29, 1.82) is 0 Å². The van der Waals surface area contributed by atoms with Crippen LogP contribution in [-0.4, -0.2) is 4.98 Å². The third kappa shape index (κ3) is 3.98. The highest BCUT2D eigenvalue weighted by Gasteiger charge is 2.06. The van der Waals surface area contributed by atoms with E-state index in [0.717, 1.165) is 28.3 Å². The Labute approximate surface area is 180 Å². The Morgan fingerprint density at radius 3 is 2.20 bits per heavy atom. The lowest BCUT2D eigenvalue weighted by atomic mass is 10.0. The molecule has 0 amide bonds. The summed E-state index contributed by atoms with van der Waals surface area (Å²) in [5.74, 6) is 0. The molecule has 1 aromatic heterocycles. The van der Waals surface area contributed by atoms with E-state index in [1.54, 1.807) is 11.3 Å². The second-order valence-electron chi connectivity index (χ2n) is 7.48. The molecule has 0 saturated carbocycles. The predicted molar refractivity (Wildman–Crippen MR) is 129 cm³/mol. The highest BCUT2D eigenvalue weighted by molar-refractivity contribution is 7.21. The van der Waals surface area contributed by atoms with Crippen LogP contribution in [0.2, 0.25) is 0 Å². The molecule has 0 aliphatic heterocycles. The van der Waals surface area contributed by atoms with Gasteiger partial charge in [-0.3, -0.25) is 0 Å². The van der Waals surface area contributed by atoms with Gasteiger partial charge < -0.3 is 5.32 Å². The second-order valence-corrected chi connectivity index (χ2v) is 8.51. The van der Waals surface area contributed by atoms with E-state index in [-0.39, 0.29) is 0 Å². The topological polar surface area (TPSA) is 24.9 Å². The fourth-order valence-corrected chi connectivity index (χ4v) is 4.61. The lowest BCUT2D eigenvalue weighted by Crippen LogP contribution is -1.99. The van der Waals surface area contributed by atoms with Crippen LogP contribution in [0.3, 0.4) is 0 Å². The van der Waals surface area contributed by atoms with Crippen LogP contribution in [0.4, 0.5) is 5.69 Å². The third-order valence-electron chi connectivity index (χ3n) is 5.23. The number of rotatable bonds is 5. The Morgan fingerprint density at radius 1 is 0.733 bits per heavy atom. The predicted octanol–water partition coefficient (Wildman–Crippen LogP) is 7.55. The van der Waals surface area contributed by atoms with Crippen LogP contribution in [0, 0.1) is 6.92 Å². The zero-order valence-corrected chi connectivity index (χ0v) is 17.6. The summed E-state index contributed by atoms with van der Waals surface area (Å²) in [5.41, 5.74) is 8.37. The Morgan fingerprint density at radius 2 is 1.43 bits per heavy atom. The molecular formula is C27H22N2S. The zero-order chi connectivity index (χ0) is 20.3. The summed E-state index contributed by atoms with van der Waals surface area (Å²) in [5, 5.41) is 4.58. The molecule has 0 fully saturated rings. The number of thiazole rings is 1. The van der Waals surface area contributed by atoms with Crippen molar-refractivity contribution in [3.05, 3.63) is 108 Å². The maximum absolute atomic E-state index is 4.78. The number of hydrogen-bond acceptors (Lipinski definition) is 3. The summed E-state index contributed by atoms with van der Waals surface area (Å²) >= 11 is 1.75. The largest absolute Gasteiger partial charge is 0.381 e. The van der Waals surface area contributed by atoms with E-state index in [9.17, 15) is 0 Å². The molecule has 0 saturated heterocycles. The van der Waals surface area contributed by atoms with E-state index >= 15 is 0 Å². The fraction of sp³-hybridized carbons (Fsp3) is 0.0741. The van der Waals surface area contributed by atoms with Crippen molar-refractivity contribution in [2.24, 2.45) is 0 Å². The lowest BCUT2D eigenvalue weighted by Gasteiger charge is -2.08. The van der Waals surface area contributed by atoms with E-state index in [4.69, 9.17) is 4.98 Å². The standard InChI is InChI=1S/C27H22N2S/c1-19-7-16-25-26(17-19)30-27(29-25)23-12-14-24(15-13-23)28-18-20-8-10-22(11-9-20)21-5-3-2-4-6-21/h2-17,28H,18H2,1H3. The van der Waals surface area contributed by atoms with Crippen molar-refractivity contribution in [2.45, 2.75) is 13.5 Å². The molecule has 1 N–H and O–H groups in total. The van der Waals surface area contributed by atoms with E-state index in [2.05, 4.69) is 103 Å². The Hall–Kier alpha value is -3.43. The summed E-state index contributed by atoms with van der Waals surface area (Å²) < 4.78 is 1.24. The molecular weight excluding hydrogens is 384 g/mol. The number of fused-ring (bicyclic) bond motifs is 1. The number of nitrogens with one attached hydrogen (secondary N) is 1. The Balaban J connectivity index is 1.26. The zero-order valence-electron chi connectivity index (χ0n) is 16.8. The summed E-state index contributed by atoms with van der Waals surface area (Å²) in [4.78, 5) is 4.78. The van der Waals surface area contributed by atoms with Crippen LogP contribution in [-0.2, 0) is 6.54 Å². The van der Waals surface area contributed by atoms with Crippen LogP contribution in [0.15, 0.2) is 97.1 Å². The van der Waals surface area contributed by atoms with Gasteiger partial charge in [-0.15, -0.1) is 11.3 Å². The molecule has 0 radical (unpaired) electrons. The van der Waals surface area contributed by atoms with Crippen molar-refractivity contribution >= 4 is 27.2 Å². The van der Waals surface area contributed by atoms with Crippen molar-refractivity contribution in [3.63, 3.8) is 0 Å². The second kappa shape index (κ2) is 8.13. The maximum atomic E-state index is 4.78. The van der Waals surface area contributed by atoms with Gasteiger partial charge in [0.2, 0.25) is 0 Å². The van der Waals surface area contributed by atoms with E-state index in [1.807, 2.05) is 6.07 Å². The first-order valence-electron chi connectivity index (χ1n) is 10.1. The fourth-order valence-electron chi connectivity index (χ4n) is 3.54. The molecule has 0 atom stereocenters. The van der Waals surface area contributed by atoms with Crippen LogP contribution in [0.1, 0.15) is 11.1 Å². The first-order chi connectivity index (χ1) is 14.7. The summed E-state index contributed by atoms with van der Waals surface area (Å²) in [6.45, 7) is 2.92. The van der Waals surface area contributed by atoms with Gasteiger partial charge in [-0.2, -0.15) is 0 Å². The number of nitrogens with zero attached hydrogens (tertiary/aromatic N) is 1. The molecule has 0 aliphatic carbocycles. The third-order valence-corrected chi connectivity index (χ3v) is 6.30. The lowest BCUT2D eigenvalue weighted by molar-refractivity contribution is 1.15. The highest BCUT2D eigenvalue weighted by atomic mass is 32.1. The Kier molecular flexibility index (Phi) is 5.04. The average Bonchev–Trinajstić information content (AvgIpc) is 3.22. The van der Waals surface area contributed by atoms with E-state index < -0.39 is 0 Å². The van der Waals surface area contributed by atoms with Crippen molar-refractivity contribution in [3.8, 4) is 21.7 Å². The van der Waals surface area contributed by atoms with Gasteiger partial charge in [0, 0.05) is 17.8 Å². The number of aromatic nitrogens is 1. The van der Waals surface area contributed by atoms with Crippen LogP contribution < -0.4 is 5.32 Å². The minimum atomic E-state index is 0.800. The molecule has 0 bridgehead atoms. The van der Waals surface area contributed by atoms with E-state index in [0.29, 0.717) is 0 Å². The number of aryl methyl sites for hydroxylation is 1. The van der Waals surface area contributed by atoms with Crippen molar-refractivity contribution in [2.75, 3.05) is 5.32 Å². The van der Waals surface area contributed by atoms with E-state index in [1.165, 1.54) is 27.0 Å². The minimum Gasteiger partial charge on any atom is -0.381 e. The van der Waals surface area contributed by atoms with Crippen LogP contribution >= 0.6 is 11.3 Å². The molecule has 2 nitrogen and oxygen atoms in total. The number of benzene rings is 4. The summed E-state index contributed by atoms with van der Waals surface area (Å²) in [6, 6.07) is 34.2. The normalized spacial score (nSPS) is 11.0. The van der Waals surface area contributed by atoms with Crippen LogP contribution in [0.5, 0.6) is 0 Å². The van der Waals surface area contributed by atoms with Gasteiger partial charge in [-0.25, -0.2) is 4.98 Å². The van der Waals surface area contributed by atoms with Gasteiger partial charge in [0.05, 0.1) is 10.2 Å². The molecule has 0 unspecified atom stereocenters. The van der Waals surface area contributed by atoms with Gasteiger partial charge in [-0.05, 0) is 65.6 Å². The molecule has 30 heavy (non-hydrogen) atoms. The van der Waals surface area contributed by atoms with Crippen LogP contribution in [0.25, 0.3) is 31.9 Å². The highest BCUT2D eigenvalue weighted by Crippen LogP contribution is 2.31. The molecule has 146 valence electrons. The maximum Gasteiger partial charge on any atom is 0.124 e. The van der Waals surface area contributed by atoms with Gasteiger partial charge in [0.1, 0.15) is 5.01 Å². The molecule has 3 heteroatoms. The molecule has 5 aromatic rings. The Bertz CT molecular complexity index is 1270. The summed E-state index contributed by atoms with van der Waals surface area (Å²) in [6.07, 6.45) is 0. The van der Waals surface area contributed by atoms with Crippen molar-refractivity contribution in [1.82, 2.24) is 4.98 Å². The van der Waals surface area contributed by atoms with Gasteiger partial charge in [0.15, 0.2) is 0 Å². The average molecular weight is 407 g/mol. The number of hydrogen-bond donors (Lipinski definition) is 1. The SMILES string of the molecule is Cc1ccc2nc(-c3ccc(NCc4ccc(-c5ccccc5)cc4)cc3)sc2c1. The van der Waals surface area contributed by atoms with Crippen molar-refractivity contribution < 1.29 is 0 Å². The first kappa shape index (κ1) is 18.6. The van der Waals surface area contributed by atoms with Gasteiger partial charge in [-0.1, -0.05) is 60.7 Å². The number of anilines is 1. The van der Waals surface area contributed by atoms with Gasteiger partial charge in [0.25, 0.3) is 0 Å². The quantitative estimate of drug-likeness (QED) is 0.326. The first-order valence-corrected chi connectivity index (χ1v) is 10.9. The molecule has 1 heterocycles. The molecule has 0 spiro atoms. The molecule has 5 rings (SSSR count). The molecule has 4 aromatic carbocycles. The summed E-state index contributed by atoms with van der Waals surface area (Å²) in [7, 11) is 0.